The van der Waals surface area contributed by atoms with Crippen molar-refractivity contribution in [1.29, 1.82) is 0 Å². The van der Waals surface area contributed by atoms with Crippen molar-refractivity contribution in [3.63, 3.8) is 0 Å². The van der Waals surface area contributed by atoms with E-state index >= 15 is 0 Å². The van der Waals surface area contributed by atoms with Crippen molar-refractivity contribution in [2.75, 3.05) is 5.73 Å². The van der Waals surface area contributed by atoms with E-state index in [1.165, 1.54) is 12.1 Å². The number of rotatable bonds is 3. The van der Waals surface area contributed by atoms with Gasteiger partial charge in [-0.15, -0.1) is 0 Å². The van der Waals surface area contributed by atoms with Crippen molar-refractivity contribution < 1.29 is 9.13 Å². The summed E-state index contributed by atoms with van der Waals surface area (Å²) in [5, 5.41) is 0. The highest BCUT2D eigenvalue weighted by Crippen LogP contribution is 2.24. The molecule has 0 aromatic heterocycles. The lowest BCUT2D eigenvalue weighted by Crippen LogP contribution is -1.97. The van der Waals surface area contributed by atoms with Crippen LogP contribution in [0.3, 0.4) is 0 Å². The number of anilines is 1. The van der Waals surface area contributed by atoms with Gasteiger partial charge in [0.1, 0.15) is 18.2 Å². The lowest BCUT2D eigenvalue weighted by Gasteiger charge is -2.07. The van der Waals surface area contributed by atoms with Crippen LogP contribution in [0.25, 0.3) is 0 Å². The van der Waals surface area contributed by atoms with E-state index in [2.05, 4.69) is 15.9 Å². The summed E-state index contributed by atoms with van der Waals surface area (Å²) in [6.45, 7) is 0.318. The van der Waals surface area contributed by atoms with E-state index in [1.54, 1.807) is 18.2 Å². The molecule has 4 heteroatoms. The van der Waals surface area contributed by atoms with Crippen LogP contribution in [0.1, 0.15) is 5.56 Å². The predicted molar refractivity (Wildman–Crippen MR) is 69.3 cm³/mol. The van der Waals surface area contributed by atoms with E-state index in [1.807, 2.05) is 12.1 Å². The average molecular weight is 296 g/mol. The number of nitrogen functional groups attached to an aromatic ring is 1. The van der Waals surface area contributed by atoms with Crippen LogP contribution < -0.4 is 10.5 Å². The number of hydrogen-bond donors (Lipinski definition) is 1. The summed E-state index contributed by atoms with van der Waals surface area (Å²) >= 11 is 3.30. The summed E-state index contributed by atoms with van der Waals surface area (Å²) in [5.41, 5.74) is 7.12. The van der Waals surface area contributed by atoms with Crippen molar-refractivity contribution in [3.8, 4) is 5.75 Å². The smallest absolute Gasteiger partial charge is 0.123 e. The van der Waals surface area contributed by atoms with Gasteiger partial charge in [0.05, 0.1) is 0 Å². The third-order valence-corrected chi connectivity index (χ3v) is 2.98. The molecule has 0 amide bonds. The minimum absolute atomic E-state index is 0.263. The molecule has 0 saturated heterocycles. The summed E-state index contributed by atoms with van der Waals surface area (Å²) in [6, 6.07) is 11.7. The molecule has 0 fully saturated rings. The van der Waals surface area contributed by atoms with Crippen LogP contribution in [0.4, 0.5) is 10.1 Å². The fraction of sp³-hybridized carbons (Fsp3) is 0.0769. The van der Waals surface area contributed by atoms with Crippen molar-refractivity contribution in [2.45, 2.75) is 6.61 Å². The van der Waals surface area contributed by atoms with Gasteiger partial charge in [-0.1, -0.05) is 12.1 Å². The van der Waals surface area contributed by atoms with Gasteiger partial charge in [-0.2, -0.15) is 0 Å². The van der Waals surface area contributed by atoms with E-state index < -0.39 is 0 Å². The van der Waals surface area contributed by atoms with Crippen LogP contribution in [0.15, 0.2) is 46.9 Å². The molecular weight excluding hydrogens is 285 g/mol. The van der Waals surface area contributed by atoms with Gasteiger partial charge >= 0.3 is 0 Å². The molecule has 0 atom stereocenters. The summed E-state index contributed by atoms with van der Waals surface area (Å²) < 4.78 is 19.3. The molecule has 2 aromatic rings. The third kappa shape index (κ3) is 3.20. The second kappa shape index (κ2) is 5.19. The Kier molecular flexibility index (Phi) is 3.64. The molecule has 0 aliphatic rings. The van der Waals surface area contributed by atoms with Gasteiger partial charge in [-0.25, -0.2) is 4.39 Å². The molecular formula is C13H11BrFNO. The Bertz CT molecular complexity index is 531. The van der Waals surface area contributed by atoms with E-state index in [-0.39, 0.29) is 5.82 Å². The Hall–Kier alpha value is -1.55. The summed E-state index contributed by atoms with van der Waals surface area (Å²) in [4.78, 5) is 0. The fourth-order valence-corrected chi connectivity index (χ4v) is 1.65. The number of ether oxygens (including phenoxy) is 1. The lowest BCUT2D eigenvalue weighted by atomic mass is 10.2. The van der Waals surface area contributed by atoms with Gasteiger partial charge < -0.3 is 10.5 Å². The predicted octanol–water partition coefficient (Wildman–Crippen LogP) is 3.75. The van der Waals surface area contributed by atoms with Crippen LogP contribution in [0, 0.1) is 5.82 Å². The number of hydrogen-bond acceptors (Lipinski definition) is 2. The lowest BCUT2D eigenvalue weighted by molar-refractivity contribution is 0.305. The maximum absolute atomic E-state index is 12.9. The zero-order chi connectivity index (χ0) is 12.3. The summed E-state index contributed by atoms with van der Waals surface area (Å²) in [7, 11) is 0. The van der Waals surface area contributed by atoms with Crippen molar-refractivity contribution in [2.24, 2.45) is 0 Å². The van der Waals surface area contributed by atoms with Crippen LogP contribution in [-0.2, 0) is 6.61 Å². The topological polar surface area (TPSA) is 35.2 Å². The SMILES string of the molecule is Nc1cc(OCc2cccc(F)c2)ccc1Br. The first-order valence-electron chi connectivity index (χ1n) is 5.07. The molecule has 2 aromatic carbocycles. The first kappa shape index (κ1) is 11.9. The van der Waals surface area contributed by atoms with Crippen LogP contribution >= 0.6 is 15.9 Å². The molecule has 0 spiro atoms. The number of halogens is 2. The maximum Gasteiger partial charge on any atom is 0.123 e. The molecule has 0 unspecified atom stereocenters. The minimum Gasteiger partial charge on any atom is -0.489 e. The van der Waals surface area contributed by atoms with Crippen LogP contribution in [0.2, 0.25) is 0 Å². The van der Waals surface area contributed by atoms with Crippen LogP contribution in [0.5, 0.6) is 5.75 Å². The molecule has 0 heterocycles. The molecule has 0 aliphatic heterocycles. The highest BCUT2D eigenvalue weighted by molar-refractivity contribution is 9.10. The largest absolute Gasteiger partial charge is 0.489 e. The van der Waals surface area contributed by atoms with Crippen LogP contribution in [-0.4, -0.2) is 0 Å². The molecule has 2 nitrogen and oxygen atoms in total. The van der Waals surface area contributed by atoms with Gasteiger partial charge in [-0.3, -0.25) is 0 Å². The zero-order valence-corrected chi connectivity index (χ0v) is 10.6. The third-order valence-electron chi connectivity index (χ3n) is 2.26. The van der Waals surface area contributed by atoms with Gasteiger partial charge in [0, 0.05) is 16.2 Å². The Morgan fingerprint density at radius 3 is 2.71 bits per heavy atom. The fourth-order valence-electron chi connectivity index (χ4n) is 1.41. The van der Waals surface area contributed by atoms with Crippen molar-refractivity contribution in [1.82, 2.24) is 0 Å². The molecule has 0 radical (unpaired) electrons. The highest BCUT2D eigenvalue weighted by Gasteiger charge is 2.00. The molecule has 0 aliphatic carbocycles. The van der Waals surface area contributed by atoms with E-state index in [0.29, 0.717) is 18.0 Å². The van der Waals surface area contributed by atoms with Gasteiger partial charge in [0.25, 0.3) is 0 Å². The highest BCUT2D eigenvalue weighted by atomic mass is 79.9. The Morgan fingerprint density at radius 1 is 1.18 bits per heavy atom. The minimum atomic E-state index is -0.263. The molecule has 2 rings (SSSR count). The molecule has 17 heavy (non-hydrogen) atoms. The molecule has 88 valence electrons. The Morgan fingerprint density at radius 2 is 2.00 bits per heavy atom. The Labute approximate surface area is 107 Å². The van der Waals surface area contributed by atoms with Crippen molar-refractivity contribution >= 4 is 21.6 Å². The normalized spacial score (nSPS) is 10.2. The number of benzene rings is 2. The summed E-state index contributed by atoms with van der Waals surface area (Å²) in [5.74, 6) is 0.399. The Balaban J connectivity index is 2.05. The monoisotopic (exact) mass is 295 g/mol. The first-order chi connectivity index (χ1) is 8.15. The van der Waals surface area contributed by atoms with E-state index in [0.717, 1.165) is 10.0 Å². The maximum atomic E-state index is 12.9. The number of nitrogens with two attached hydrogens (primary N) is 1. The second-order valence-corrected chi connectivity index (χ2v) is 4.46. The van der Waals surface area contributed by atoms with Gasteiger partial charge in [0.2, 0.25) is 0 Å². The van der Waals surface area contributed by atoms with Gasteiger partial charge in [0.15, 0.2) is 0 Å². The molecule has 0 bridgehead atoms. The zero-order valence-electron chi connectivity index (χ0n) is 8.99. The first-order valence-corrected chi connectivity index (χ1v) is 5.87. The second-order valence-electron chi connectivity index (χ2n) is 3.60. The van der Waals surface area contributed by atoms with E-state index in [9.17, 15) is 4.39 Å². The molecule has 0 saturated carbocycles. The average Bonchev–Trinajstić information content (AvgIpc) is 2.31. The van der Waals surface area contributed by atoms with Gasteiger partial charge in [-0.05, 0) is 45.8 Å². The molecule has 2 N–H and O–H groups in total. The standard InChI is InChI=1S/C13H11BrFNO/c14-12-5-4-11(7-13(12)16)17-8-9-2-1-3-10(15)6-9/h1-7H,8,16H2. The summed E-state index contributed by atoms with van der Waals surface area (Å²) in [6.07, 6.45) is 0. The van der Waals surface area contributed by atoms with E-state index in [4.69, 9.17) is 10.5 Å². The quantitative estimate of drug-likeness (QED) is 0.875. The van der Waals surface area contributed by atoms with Crippen molar-refractivity contribution in [3.05, 3.63) is 58.3 Å².